The van der Waals surface area contributed by atoms with Gasteiger partial charge in [0.15, 0.2) is 0 Å². The smallest absolute Gasteiger partial charge is 0.0452 e. The molecule has 1 aromatic rings. The van der Waals surface area contributed by atoms with E-state index in [4.69, 9.17) is 23.2 Å². The molecule has 0 aromatic heterocycles. The third kappa shape index (κ3) is 3.61. The zero-order valence-corrected chi connectivity index (χ0v) is 13.9. The van der Waals surface area contributed by atoms with Crippen LogP contribution in [0.2, 0.25) is 10.0 Å². The van der Waals surface area contributed by atoms with E-state index in [0.29, 0.717) is 6.04 Å². The Hall–Kier alpha value is 0.01000. The maximum atomic E-state index is 6.25. The standard InChI is InChI=1S/C15H20Cl2N2.ClH/c1-19(9-10-6-11(16)2-5-15(10)17)14-7-12-3-4-13(8-14)18-12;/h2,5-6,12-14,18H,3-4,7-9H2,1H3;1H. The molecule has 2 bridgehead atoms. The van der Waals surface area contributed by atoms with Crippen LogP contribution in [0, 0.1) is 0 Å². The summed E-state index contributed by atoms with van der Waals surface area (Å²) in [6.45, 7) is 0.878. The zero-order chi connectivity index (χ0) is 13.4. The van der Waals surface area contributed by atoms with Gasteiger partial charge in [0, 0.05) is 34.7 Å². The lowest BCUT2D eigenvalue weighted by Gasteiger charge is -2.35. The highest BCUT2D eigenvalue weighted by atomic mass is 35.5. The Morgan fingerprint density at radius 1 is 1.20 bits per heavy atom. The second-order valence-electron chi connectivity index (χ2n) is 5.91. The number of hydrogen-bond acceptors (Lipinski definition) is 2. The molecule has 20 heavy (non-hydrogen) atoms. The largest absolute Gasteiger partial charge is 0.311 e. The molecule has 2 nitrogen and oxygen atoms in total. The Kier molecular flexibility index (Phi) is 5.61. The van der Waals surface area contributed by atoms with Crippen molar-refractivity contribution in [1.82, 2.24) is 10.2 Å². The van der Waals surface area contributed by atoms with Crippen molar-refractivity contribution in [2.24, 2.45) is 0 Å². The first-order chi connectivity index (χ1) is 9.11. The minimum atomic E-state index is 0. The minimum Gasteiger partial charge on any atom is -0.311 e. The fraction of sp³-hybridized carbons (Fsp3) is 0.600. The van der Waals surface area contributed by atoms with E-state index in [9.17, 15) is 0 Å². The van der Waals surface area contributed by atoms with E-state index in [2.05, 4.69) is 17.3 Å². The minimum absolute atomic E-state index is 0. The van der Waals surface area contributed by atoms with Crippen molar-refractivity contribution in [2.45, 2.75) is 50.4 Å². The lowest BCUT2D eigenvalue weighted by atomic mass is 9.98. The fourth-order valence-electron chi connectivity index (χ4n) is 3.45. The molecule has 2 aliphatic heterocycles. The molecule has 0 amide bonds. The van der Waals surface area contributed by atoms with Gasteiger partial charge in [-0.25, -0.2) is 0 Å². The molecule has 2 aliphatic rings. The van der Waals surface area contributed by atoms with E-state index >= 15 is 0 Å². The average Bonchev–Trinajstić information content (AvgIpc) is 2.72. The molecular weight excluding hydrogens is 315 g/mol. The highest BCUT2D eigenvalue weighted by Crippen LogP contribution is 2.30. The number of hydrogen-bond donors (Lipinski definition) is 1. The molecule has 1 aromatic carbocycles. The van der Waals surface area contributed by atoms with Gasteiger partial charge in [-0.1, -0.05) is 23.2 Å². The quantitative estimate of drug-likeness (QED) is 0.893. The first-order valence-corrected chi connectivity index (χ1v) is 7.77. The first kappa shape index (κ1) is 16.4. The van der Waals surface area contributed by atoms with Gasteiger partial charge in [0.2, 0.25) is 0 Å². The maximum absolute atomic E-state index is 6.25. The molecule has 112 valence electrons. The van der Waals surface area contributed by atoms with Gasteiger partial charge in [0.05, 0.1) is 0 Å². The SMILES string of the molecule is CN(Cc1cc(Cl)ccc1Cl)C1CC2CCC(C1)N2.Cl. The third-order valence-electron chi connectivity index (χ3n) is 4.50. The predicted molar refractivity (Wildman–Crippen MR) is 88.1 cm³/mol. The maximum Gasteiger partial charge on any atom is 0.0452 e. The Morgan fingerprint density at radius 3 is 2.50 bits per heavy atom. The Morgan fingerprint density at radius 2 is 1.85 bits per heavy atom. The summed E-state index contributed by atoms with van der Waals surface area (Å²) in [5, 5.41) is 5.26. The summed E-state index contributed by atoms with van der Waals surface area (Å²) in [6.07, 6.45) is 5.19. The first-order valence-electron chi connectivity index (χ1n) is 7.02. The molecule has 2 heterocycles. The summed E-state index contributed by atoms with van der Waals surface area (Å²) in [6, 6.07) is 7.82. The van der Waals surface area contributed by atoms with Gasteiger partial charge in [-0.05, 0) is 56.5 Å². The second kappa shape index (κ2) is 6.85. The lowest BCUT2D eigenvalue weighted by Crippen LogP contribution is -2.46. The van der Waals surface area contributed by atoms with Crippen LogP contribution >= 0.6 is 35.6 Å². The van der Waals surface area contributed by atoms with Gasteiger partial charge < -0.3 is 5.32 Å². The van der Waals surface area contributed by atoms with Crippen LogP contribution in [0.4, 0.5) is 0 Å². The van der Waals surface area contributed by atoms with Crippen LogP contribution in [-0.2, 0) is 6.54 Å². The number of rotatable bonds is 3. The van der Waals surface area contributed by atoms with Crippen LogP contribution in [-0.4, -0.2) is 30.1 Å². The van der Waals surface area contributed by atoms with Gasteiger partial charge in [-0.2, -0.15) is 0 Å². The van der Waals surface area contributed by atoms with E-state index in [1.807, 2.05) is 18.2 Å². The fourth-order valence-corrected chi connectivity index (χ4v) is 3.82. The van der Waals surface area contributed by atoms with E-state index in [1.54, 1.807) is 0 Å². The van der Waals surface area contributed by atoms with Crippen molar-refractivity contribution >= 4 is 35.6 Å². The highest BCUT2D eigenvalue weighted by Gasteiger charge is 2.35. The molecule has 2 fully saturated rings. The average molecular weight is 336 g/mol. The van der Waals surface area contributed by atoms with Crippen molar-refractivity contribution in [3.8, 4) is 0 Å². The van der Waals surface area contributed by atoms with Crippen molar-refractivity contribution in [3.05, 3.63) is 33.8 Å². The molecule has 2 saturated heterocycles. The molecule has 0 radical (unpaired) electrons. The number of halogens is 3. The van der Waals surface area contributed by atoms with Crippen LogP contribution in [0.3, 0.4) is 0 Å². The number of benzene rings is 1. The van der Waals surface area contributed by atoms with Gasteiger partial charge in [0.1, 0.15) is 0 Å². The molecule has 5 heteroatoms. The van der Waals surface area contributed by atoms with Gasteiger partial charge in [-0.15, -0.1) is 12.4 Å². The Labute approximate surface area is 137 Å². The van der Waals surface area contributed by atoms with Crippen LogP contribution in [0.1, 0.15) is 31.2 Å². The van der Waals surface area contributed by atoms with E-state index in [0.717, 1.165) is 34.2 Å². The molecule has 2 unspecified atom stereocenters. The normalized spacial score (nSPS) is 28.5. The molecule has 0 spiro atoms. The molecule has 1 N–H and O–H groups in total. The number of fused-ring (bicyclic) bond motifs is 2. The summed E-state index contributed by atoms with van der Waals surface area (Å²) in [7, 11) is 2.20. The summed E-state index contributed by atoms with van der Waals surface area (Å²) < 4.78 is 0. The van der Waals surface area contributed by atoms with Gasteiger partial charge in [0.25, 0.3) is 0 Å². The van der Waals surface area contributed by atoms with Crippen LogP contribution < -0.4 is 5.32 Å². The number of nitrogens with one attached hydrogen (secondary N) is 1. The van der Waals surface area contributed by atoms with Crippen molar-refractivity contribution in [1.29, 1.82) is 0 Å². The third-order valence-corrected chi connectivity index (χ3v) is 5.10. The van der Waals surface area contributed by atoms with E-state index in [1.165, 1.54) is 25.7 Å². The van der Waals surface area contributed by atoms with Crippen LogP contribution in [0.15, 0.2) is 18.2 Å². The lowest BCUT2D eigenvalue weighted by molar-refractivity contribution is 0.166. The number of nitrogens with zero attached hydrogens (tertiary/aromatic N) is 1. The summed E-state index contributed by atoms with van der Waals surface area (Å²) >= 11 is 12.3. The monoisotopic (exact) mass is 334 g/mol. The Balaban J connectivity index is 0.00000147. The second-order valence-corrected chi connectivity index (χ2v) is 6.76. The van der Waals surface area contributed by atoms with Crippen molar-refractivity contribution in [2.75, 3.05) is 7.05 Å². The molecular formula is C15H21Cl3N2. The molecule has 2 atom stereocenters. The van der Waals surface area contributed by atoms with Crippen molar-refractivity contribution in [3.63, 3.8) is 0 Å². The molecule has 0 saturated carbocycles. The summed E-state index contributed by atoms with van der Waals surface area (Å²) in [5.74, 6) is 0. The Bertz CT molecular complexity index is 454. The summed E-state index contributed by atoms with van der Waals surface area (Å²) in [4.78, 5) is 2.43. The molecule has 3 rings (SSSR count). The van der Waals surface area contributed by atoms with Gasteiger partial charge in [-0.3, -0.25) is 4.90 Å². The van der Waals surface area contributed by atoms with Gasteiger partial charge >= 0.3 is 0 Å². The van der Waals surface area contributed by atoms with E-state index < -0.39 is 0 Å². The van der Waals surface area contributed by atoms with E-state index in [-0.39, 0.29) is 12.4 Å². The zero-order valence-electron chi connectivity index (χ0n) is 11.6. The predicted octanol–water partition coefficient (Wildman–Crippen LogP) is 4.13. The highest BCUT2D eigenvalue weighted by molar-refractivity contribution is 6.33. The van der Waals surface area contributed by atoms with Crippen molar-refractivity contribution < 1.29 is 0 Å². The van der Waals surface area contributed by atoms with Crippen LogP contribution in [0.5, 0.6) is 0 Å². The number of piperidine rings is 1. The topological polar surface area (TPSA) is 15.3 Å². The summed E-state index contributed by atoms with van der Waals surface area (Å²) in [5.41, 5.74) is 1.13. The molecule has 0 aliphatic carbocycles. The van der Waals surface area contributed by atoms with Crippen LogP contribution in [0.25, 0.3) is 0 Å².